The highest BCUT2D eigenvalue weighted by Crippen LogP contribution is 2.36. The zero-order valence-corrected chi connectivity index (χ0v) is 22.7. The molecule has 4 heterocycles. The molecule has 2 fully saturated rings. The van der Waals surface area contributed by atoms with Crippen LogP contribution in [0.1, 0.15) is 19.4 Å². The van der Waals surface area contributed by atoms with Gasteiger partial charge in [-0.25, -0.2) is 14.4 Å². The Hall–Kier alpha value is -3.18. The number of benzene rings is 1. The average molecular weight is 564 g/mol. The van der Waals surface area contributed by atoms with Crippen LogP contribution in [0, 0.1) is 5.82 Å². The molecule has 0 aliphatic carbocycles. The van der Waals surface area contributed by atoms with Crippen LogP contribution in [-0.2, 0) is 6.18 Å². The van der Waals surface area contributed by atoms with Gasteiger partial charge >= 0.3 is 6.18 Å². The first-order chi connectivity index (χ1) is 18.5. The zero-order chi connectivity index (χ0) is 27.9. The van der Waals surface area contributed by atoms with Crippen LogP contribution in [0.25, 0.3) is 11.3 Å². The largest absolute Gasteiger partial charge is 0.419 e. The molecule has 1 aromatic carbocycles. The number of alkyl halides is 3. The summed E-state index contributed by atoms with van der Waals surface area (Å²) in [5.41, 5.74) is 0.515. The first-order valence-electron chi connectivity index (χ1n) is 12.8. The van der Waals surface area contributed by atoms with Crippen LogP contribution in [-0.4, -0.2) is 78.3 Å². The highest BCUT2D eigenvalue weighted by molar-refractivity contribution is 6.31. The molecule has 0 saturated carbocycles. The SMILES string of the molecule is CC1CN(c2nc(-c3ccc(F)c(Cl)c3)cc(N3CCN(c4ncccc4C(F)(F)F)CC3)n2)C(C)CN1C. The number of pyridine rings is 1. The van der Waals surface area contributed by atoms with Crippen molar-refractivity contribution in [1.29, 1.82) is 0 Å². The molecule has 2 saturated heterocycles. The van der Waals surface area contributed by atoms with Crippen molar-refractivity contribution in [2.75, 3.05) is 61.0 Å². The summed E-state index contributed by atoms with van der Waals surface area (Å²) in [6.45, 7) is 7.44. The molecular formula is C27H30ClF4N7. The Balaban J connectivity index is 1.46. The predicted octanol–water partition coefficient (Wildman–Crippen LogP) is 5.21. The Labute approximate surface area is 230 Å². The number of likely N-dealkylation sites (N-methyl/N-ethyl adjacent to an activating group) is 1. The van der Waals surface area contributed by atoms with E-state index in [9.17, 15) is 17.6 Å². The standard InChI is InChI=1S/C27H30ClF4N7/c1-17-16-39(18(2)15-36(17)3)26-34-23(19-6-7-22(29)21(28)13-19)14-24(35-26)37-9-11-38(12-10-37)25-20(27(30,31)32)5-4-8-33-25/h4-8,13-14,17-18H,9-12,15-16H2,1-3H3. The molecule has 0 spiro atoms. The van der Waals surface area contributed by atoms with Crippen molar-refractivity contribution in [1.82, 2.24) is 19.9 Å². The lowest BCUT2D eigenvalue weighted by Gasteiger charge is -2.43. The smallest absolute Gasteiger partial charge is 0.353 e. The normalized spacial score (nSPS) is 21.0. The van der Waals surface area contributed by atoms with E-state index in [1.54, 1.807) is 17.0 Å². The summed E-state index contributed by atoms with van der Waals surface area (Å²) in [5, 5.41) is 0.000226. The van der Waals surface area contributed by atoms with Crippen LogP contribution in [0.2, 0.25) is 5.02 Å². The minimum Gasteiger partial charge on any atom is -0.353 e. The van der Waals surface area contributed by atoms with E-state index in [0.29, 0.717) is 55.2 Å². The van der Waals surface area contributed by atoms with Gasteiger partial charge in [0.25, 0.3) is 0 Å². The van der Waals surface area contributed by atoms with Gasteiger partial charge in [0.15, 0.2) is 0 Å². The van der Waals surface area contributed by atoms with Gasteiger partial charge in [-0.05, 0) is 51.2 Å². The number of nitrogens with zero attached hydrogens (tertiary/aromatic N) is 7. The van der Waals surface area contributed by atoms with Crippen molar-refractivity contribution in [2.45, 2.75) is 32.1 Å². The van der Waals surface area contributed by atoms with Crippen molar-refractivity contribution in [2.24, 2.45) is 0 Å². The first-order valence-corrected chi connectivity index (χ1v) is 13.2. The van der Waals surface area contributed by atoms with Crippen molar-refractivity contribution < 1.29 is 17.6 Å². The first kappa shape index (κ1) is 27.4. The summed E-state index contributed by atoms with van der Waals surface area (Å²) < 4.78 is 54.6. The number of rotatable bonds is 4. The number of anilines is 3. The summed E-state index contributed by atoms with van der Waals surface area (Å²) in [7, 11) is 2.09. The molecule has 0 bridgehead atoms. The Bertz CT molecular complexity index is 1330. The van der Waals surface area contributed by atoms with Crippen LogP contribution in [0.15, 0.2) is 42.6 Å². The van der Waals surface area contributed by atoms with Crippen molar-refractivity contribution >= 4 is 29.2 Å². The average Bonchev–Trinajstić information content (AvgIpc) is 2.91. The van der Waals surface area contributed by atoms with E-state index in [-0.39, 0.29) is 16.9 Å². The van der Waals surface area contributed by atoms with Crippen LogP contribution in [0.4, 0.5) is 35.1 Å². The van der Waals surface area contributed by atoms with Crippen LogP contribution >= 0.6 is 11.6 Å². The molecule has 2 atom stereocenters. The molecule has 208 valence electrons. The Morgan fingerprint density at radius 1 is 0.923 bits per heavy atom. The number of hydrogen-bond acceptors (Lipinski definition) is 7. The topological polar surface area (TPSA) is 51.6 Å². The molecule has 2 unspecified atom stereocenters. The molecule has 3 aromatic rings. The number of hydrogen-bond donors (Lipinski definition) is 0. The van der Waals surface area contributed by atoms with E-state index in [1.165, 1.54) is 18.3 Å². The van der Waals surface area contributed by atoms with E-state index in [4.69, 9.17) is 21.6 Å². The molecule has 2 aliphatic heterocycles. The molecular weight excluding hydrogens is 534 g/mol. The summed E-state index contributed by atoms with van der Waals surface area (Å²) in [5.74, 6) is 0.642. The van der Waals surface area contributed by atoms with Crippen molar-refractivity contribution in [3.63, 3.8) is 0 Å². The van der Waals surface area contributed by atoms with Crippen LogP contribution < -0.4 is 14.7 Å². The van der Waals surface area contributed by atoms with Gasteiger partial charge in [-0.2, -0.15) is 18.2 Å². The maximum Gasteiger partial charge on any atom is 0.419 e. The van der Waals surface area contributed by atoms with Crippen LogP contribution in [0.3, 0.4) is 0 Å². The monoisotopic (exact) mass is 563 g/mol. The molecule has 0 radical (unpaired) electrons. The second kappa shape index (κ2) is 10.8. The lowest BCUT2D eigenvalue weighted by atomic mass is 10.1. The Morgan fingerprint density at radius 2 is 1.64 bits per heavy atom. The molecule has 0 N–H and O–H groups in total. The second-order valence-corrected chi connectivity index (χ2v) is 10.6. The van der Waals surface area contributed by atoms with E-state index < -0.39 is 17.6 Å². The van der Waals surface area contributed by atoms with E-state index in [2.05, 4.69) is 35.7 Å². The maximum absolute atomic E-state index is 13.9. The van der Waals surface area contributed by atoms with Crippen molar-refractivity contribution in [3.8, 4) is 11.3 Å². The van der Waals surface area contributed by atoms with Gasteiger partial charge in [0, 0.05) is 69.2 Å². The Morgan fingerprint density at radius 3 is 2.33 bits per heavy atom. The predicted molar refractivity (Wildman–Crippen MR) is 145 cm³/mol. The van der Waals surface area contributed by atoms with Gasteiger partial charge in [0.05, 0.1) is 16.3 Å². The van der Waals surface area contributed by atoms with Gasteiger partial charge in [-0.1, -0.05) is 11.6 Å². The molecule has 7 nitrogen and oxygen atoms in total. The van der Waals surface area contributed by atoms with Crippen LogP contribution in [0.5, 0.6) is 0 Å². The fourth-order valence-corrected chi connectivity index (χ4v) is 5.29. The molecule has 2 aromatic heterocycles. The highest BCUT2D eigenvalue weighted by atomic mass is 35.5. The van der Waals surface area contributed by atoms with E-state index in [1.807, 2.05) is 11.0 Å². The Kier molecular flexibility index (Phi) is 7.56. The lowest BCUT2D eigenvalue weighted by Crippen LogP contribution is -2.55. The summed E-state index contributed by atoms with van der Waals surface area (Å²) >= 11 is 6.08. The quantitative estimate of drug-likeness (QED) is 0.404. The van der Waals surface area contributed by atoms with Crippen molar-refractivity contribution in [3.05, 3.63) is 59.0 Å². The molecule has 39 heavy (non-hydrogen) atoms. The summed E-state index contributed by atoms with van der Waals surface area (Å²) in [4.78, 5) is 22.0. The number of aromatic nitrogens is 3. The van der Waals surface area contributed by atoms with Gasteiger partial charge in [0.1, 0.15) is 17.5 Å². The van der Waals surface area contributed by atoms with Gasteiger partial charge < -0.3 is 14.7 Å². The third kappa shape index (κ3) is 5.74. The van der Waals surface area contributed by atoms with Gasteiger partial charge in [-0.3, -0.25) is 4.90 Å². The molecule has 5 rings (SSSR count). The zero-order valence-electron chi connectivity index (χ0n) is 22.0. The summed E-state index contributed by atoms with van der Waals surface area (Å²) in [6.07, 6.45) is -3.10. The minimum absolute atomic E-state index is 0.000226. The molecule has 0 amide bonds. The van der Waals surface area contributed by atoms with Gasteiger partial charge in [0.2, 0.25) is 5.95 Å². The molecule has 12 heteroatoms. The van der Waals surface area contributed by atoms with Gasteiger partial charge in [-0.15, -0.1) is 0 Å². The second-order valence-electron chi connectivity index (χ2n) is 10.2. The van der Waals surface area contributed by atoms with E-state index >= 15 is 0 Å². The third-order valence-corrected chi connectivity index (χ3v) is 7.76. The molecule has 2 aliphatic rings. The number of halogens is 5. The third-order valence-electron chi connectivity index (χ3n) is 7.47. The fraction of sp³-hybridized carbons (Fsp3) is 0.444. The fourth-order valence-electron chi connectivity index (χ4n) is 5.11. The maximum atomic E-state index is 13.9. The minimum atomic E-state index is -4.48. The summed E-state index contributed by atoms with van der Waals surface area (Å²) in [6, 6.07) is 9.12. The highest BCUT2D eigenvalue weighted by Gasteiger charge is 2.36. The number of piperazine rings is 2. The lowest BCUT2D eigenvalue weighted by molar-refractivity contribution is -0.137. The van der Waals surface area contributed by atoms with E-state index in [0.717, 1.165) is 19.2 Å².